The molecule has 2 nitrogen and oxygen atoms in total. The highest BCUT2D eigenvalue weighted by Crippen LogP contribution is 2.27. The molecular formula is C14H14N2. The molecule has 0 N–H and O–H groups in total. The van der Waals surface area contributed by atoms with Crippen LogP contribution in [0, 0.1) is 13.8 Å². The number of aryl methyl sites for hydroxylation is 3. The van der Waals surface area contributed by atoms with Crippen LogP contribution in [-0.4, -0.2) is 9.55 Å². The number of benzene rings is 1. The minimum absolute atomic E-state index is 1.07. The number of hydrogen-bond acceptors (Lipinski definition) is 1. The van der Waals surface area contributed by atoms with E-state index in [-0.39, 0.29) is 0 Å². The minimum Gasteiger partial charge on any atom is -0.342 e. The summed E-state index contributed by atoms with van der Waals surface area (Å²) in [5.41, 5.74) is 5.91. The van der Waals surface area contributed by atoms with Gasteiger partial charge in [0.05, 0.1) is 16.6 Å². The Morgan fingerprint density at radius 3 is 2.56 bits per heavy atom. The van der Waals surface area contributed by atoms with Gasteiger partial charge in [0.2, 0.25) is 0 Å². The lowest BCUT2D eigenvalue weighted by Crippen LogP contribution is -1.87. The fourth-order valence-corrected chi connectivity index (χ4v) is 2.28. The first-order chi connectivity index (χ1) is 7.66. The summed E-state index contributed by atoms with van der Waals surface area (Å²) in [5.74, 6) is 0. The number of fused-ring (bicyclic) bond motifs is 3. The summed E-state index contributed by atoms with van der Waals surface area (Å²) in [6.07, 6.45) is 0. The van der Waals surface area contributed by atoms with Gasteiger partial charge in [0.1, 0.15) is 0 Å². The molecule has 0 aliphatic heterocycles. The molecule has 0 fully saturated rings. The van der Waals surface area contributed by atoms with Crippen LogP contribution in [0.4, 0.5) is 0 Å². The second-order valence-electron chi connectivity index (χ2n) is 4.40. The third-order valence-electron chi connectivity index (χ3n) is 3.14. The van der Waals surface area contributed by atoms with Crippen molar-refractivity contribution in [2.45, 2.75) is 13.8 Å². The van der Waals surface area contributed by atoms with Crippen LogP contribution in [-0.2, 0) is 7.05 Å². The van der Waals surface area contributed by atoms with E-state index in [0.29, 0.717) is 0 Å². The van der Waals surface area contributed by atoms with E-state index < -0.39 is 0 Å². The lowest BCUT2D eigenvalue weighted by atomic mass is 10.1. The van der Waals surface area contributed by atoms with Gasteiger partial charge in [-0.3, -0.25) is 4.98 Å². The molecule has 0 saturated heterocycles. The first kappa shape index (κ1) is 9.40. The smallest absolute Gasteiger partial charge is 0.0962 e. The lowest BCUT2D eigenvalue weighted by molar-refractivity contribution is 1.01. The molecule has 0 bridgehead atoms. The summed E-state index contributed by atoms with van der Waals surface area (Å²) in [6.45, 7) is 4.15. The second kappa shape index (κ2) is 3.08. The topological polar surface area (TPSA) is 17.8 Å². The third-order valence-corrected chi connectivity index (χ3v) is 3.14. The molecule has 0 atom stereocenters. The van der Waals surface area contributed by atoms with E-state index in [9.17, 15) is 0 Å². The van der Waals surface area contributed by atoms with E-state index in [1.807, 2.05) is 6.92 Å². The fourth-order valence-electron chi connectivity index (χ4n) is 2.28. The van der Waals surface area contributed by atoms with Crippen LogP contribution in [0.2, 0.25) is 0 Å². The Hall–Kier alpha value is -1.83. The van der Waals surface area contributed by atoms with Crippen LogP contribution in [0.25, 0.3) is 21.9 Å². The second-order valence-corrected chi connectivity index (χ2v) is 4.40. The predicted octanol–water partition coefficient (Wildman–Crippen LogP) is 3.34. The highest BCUT2D eigenvalue weighted by Gasteiger charge is 2.08. The molecule has 16 heavy (non-hydrogen) atoms. The van der Waals surface area contributed by atoms with Crippen molar-refractivity contribution in [1.82, 2.24) is 9.55 Å². The molecule has 0 amide bonds. The van der Waals surface area contributed by atoms with Gasteiger partial charge in [0, 0.05) is 18.1 Å². The monoisotopic (exact) mass is 210 g/mol. The lowest BCUT2D eigenvalue weighted by Gasteiger charge is -1.97. The fraction of sp³-hybridized carbons (Fsp3) is 0.214. The van der Waals surface area contributed by atoms with Crippen LogP contribution in [0.3, 0.4) is 0 Å². The Balaban J connectivity index is 2.60. The molecule has 2 heterocycles. The van der Waals surface area contributed by atoms with Gasteiger partial charge in [-0.1, -0.05) is 11.6 Å². The normalized spacial score (nSPS) is 11.4. The zero-order valence-corrected chi connectivity index (χ0v) is 9.78. The maximum Gasteiger partial charge on any atom is 0.0962 e. The van der Waals surface area contributed by atoms with E-state index in [1.165, 1.54) is 22.0 Å². The van der Waals surface area contributed by atoms with Gasteiger partial charge in [-0.15, -0.1) is 0 Å². The van der Waals surface area contributed by atoms with Crippen molar-refractivity contribution >= 4 is 21.9 Å². The largest absolute Gasteiger partial charge is 0.342 e. The molecule has 3 aromatic rings. The molecule has 3 rings (SSSR count). The molecule has 0 radical (unpaired) electrons. The van der Waals surface area contributed by atoms with Crippen molar-refractivity contribution in [2.75, 3.05) is 0 Å². The van der Waals surface area contributed by atoms with Gasteiger partial charge in [-0.25, -0.2) is 0 Å². The highest BCUT2D eigenvalue weighted by molar-refractivity contribution is 6.05. The van der Waals surface area contributed by atoms with E-state index in [1.54, 1.807) is 0 Å². The van der Waals surface area contributed by atoms with Gasteiger partial charge in [0.25, 0.3) is 0 Å². The molecule has 1 aromatic carbocycles. The molecule has 0 aliphatic carbocycles. The van der Waals surface area contributed by atoms with Crippen molar-refractivity contribution in [3.63, 3.8) is 0 Å². The first-order valence-corrected chi connectivity index (χ1v) is 5.49. The number of hydrogen-bond donors (Lipinski definition) is 0. The average Bonchev–Trinajstić information content (AvgIpc) is 2.52. The van der Waals surface area contributed by atoms with Gasteiger partial charge in [-0.05, 0) is 38.1 Å². The summed E-state index contributed by atoms with van der Waals surface area (Å²) >= 11 is 0. The Morgan fingerprint density at radius 2 is 1.75 bits per heavy atom. The van der Waals surface area contributed by atoms with E-state index in [2.05, 4.69) is 53.9 Å². The van der Waals surface area contributed by atoms with Gasteiger partial charge in [-0.2, -0.15) is 0 Å². The highest BCUT2D eigenvalue weighted by atomic mass is 15.0. The molecule has 2 heteroatoms. The molecule has 80 valence electrons. The molecule has 0 spiro atoms. The zero-order valence-electron chi connectivity index (χ0n) is 9.78. The Morgan fingerprint density at radius 1 is 1.00 bits per heavy atom. The average molecular weight is 210 g/mol. The number of nitrogens with zero attached hydrogens (tertiary/aromatic N) is 2. The Labute approximate surface area is 94.5 Å². The minimum atomic E-state index is 1.07. The summed E-state index contributed by atoms with van der Waals surface area (Å²) in [4.78, 5) is 4.64. The van der Waals surface area contributed by atoms with E-state index in [4.69, 9.17) is 0 Å². The maximum absolute atomic E-state index is 4.64. The summed E-state index contributed by atoms with van der Waals surface area (Å²) in [5, 5.41) is 1.25. The van der Waals surface area contributed by atoms with Crippen LogP contribution in [0.15, 0.2) is 30.3 Å². The first-order valence-electron chi connectivity index (χ1n) is 5.49. The predicted molar refractivity (Wildman–Crippen MR) is 67.7 cm³/mol. The quantitative estimate of drug-likeness (QED) is 0.556. The molecular weight excluding hydrogens is 196 g/mol. The standard InChI is InChI=1S/C14H14N2/c1-9-4-6-12-11(8-9)14-13(16(12)3)7-5-10(2)15-14/h4-8H,1-3H3. The molecule has 0 unspecified atom stereocenters. The summed E-state index contributed by atoms with van der Waals surface area (Å²) in [7, 11) is 2.09. The van der Waals surface area contributed by atoms with Crippen molar-refractivity contribution in [2.24, 2.45) is 7.05 Å². The Bertz CT molecular complexity index is 633. The SMILES string of the molecule is Cc1ccc2c(c1)c1nc(C)ccc1n2C. The zero-order chi connectivity index (χ0) is 11.3. The van der Waals surface area contributed by atoms with E-state index in [0.717, 1.165) is 11.2 Å². The molecule has 2 aromatic heterocycles. The van der Waals surface area contributed by atoms with E-state index >= 15 is 0 Å². The van der Waals surface area contributed by atoms with Crippen LogP contribution in [0.1, 0.15) is 11.3 Å². The summed E-state index contributed by atoms with van der Waals surface area (Å²) < 4.78 is 2.20. The van der Waals surface area contributed by atoms with Gasteiger partial charge < -0.3 is 4.57 Å². The van der Waals surface area contributed by atoms with Gasteiger partial charge >= 0.3 is 0 Å². The maximum atomic E-state index is 4.64. The van der Waals surface area contributed by atoms with Crippen molar-refractivity contribution in [3.8, 4) is 0 Å². The number of aromatic nitrogens is 2. The van der Waals surface area contributed by atoms with Crippen molar-refractivity contribution in [3.05, 3.63) is 41.6 Å². The number of rotatable bonds is 0. The van der Waals surface area contributed by atoms with Crippen molar-refractivity contribution in [1.29, 1.82) is 0 Å². The van der Waals surface area contributed by atoms with Crippen LogP contribution >= 0.6 is 0 Å². The van der Waals surface area contributed by atoms with Crippen LogP contribution in [0.5, 0.6) is 0 Å². The summed E-state index contributed by atoms with van der Waals surface area (Å²) in [6, 6.07) is 10.7. The van der Waals surface area contributed by atoms with Crippen LogP contribution < -0.4 is 0 Å². The number of pyridine rings is 1. The van der Waals surface area contributed by atoms with Crippen molar-refractivity contribution < 1.29 is 0 Å². The molecule has 0 saturated carbocycles. The van der Waals surface area contributed by atoms with Gasteiger partial charge in [0.15, 0.2) is 0 Å². The Kier molecular flexibility index (Phi) is 1.81. The third kappa shape index (κ3) is 1.16. The molecule has 0 aliphatic rings.